The lowest BCUT2D eigenvalue weighted by molar-refractivity contribution is 0.240. The van der Waals surface area contributed by atoms with Gasteiger partial charge in [-0.05, 0) is 12.1 Å². The van der Waals surface area contributed by atoms with Crippen molar-refractivity contribution in [2.75, 3.05) is 18.7 Å². The second-order valence-electron chi connectivity index (χ2n) is 3.86. The Kier molecular flexibility index (Phi) is 6.84. The van der Waals surface area contributed by atoms with Crippen LogP contribution < -0.4 is 4.18 Å². The second-order valence-corrected chi connectivity index (χ2v) is 7.92. The highest BCUT2D eigenvalue weighted by atomic mass is 32.2. The van der Waals surface area contributed by atoms with E-state index in [1.165, 1.54) is 24.3 Å². The zero-order chi connectivity index (χ0) is 15.8. The first-order valence-corrected chi connectivity index (χ1v) is 9.28. The average Bonchev–Trinajstić information content (AvgIpc) is 2.43. The van der Waals surface area contributed by atoms with Gasteiger partial charge in [0.15, 0.2) is 5.49 Å². The Balaban J connectivity index is 2.82. The van der Waals surface area contributed by atoms with Crippen molar-refractivity contribution < 1.29 is 26.2 Å². The number of hydrogen-bond acceptors (Lipinski definition) is 6. The minimum atomic E-state index is -4.13. The summed E-state index contributed by atoms with van der Waals surface area (Å²) in [6.07, 6.45) is 2.68. The summed E-state index contributed by atoms with van der Waals surface area (Å²) in [7, 11) is -8.00. The summed E-state index contributed by atoms with van der Waals surface area (Å²) in [5.41, 5.74) is -0.892. The molecule has 1 aromatic rings. The van der Waals surface area contributed by atoms with E-state index in [4.69, 9.17) is 13.2 Å². The first-order chi connectivity index (χ1) is 9.91. The maximum Gasteiger partial charge on any atom is 0.349 e. The van der Waals surface area contributed by atoms with E-state index in [1.54, 1.807) is 18.2 Å². The molecule has 0 aliphatic rings. The fourth-order valence-corrected chi connectivity index (χ4v) is 4.79. The van der Waals surface area contributed by atoms with Gasteiger partial charge in [-0.2, -0.15) is 8.42 Å². The van der Waals surface area contributed by atoms with Gasteiger partial charge in [-0.15, -0.1) is 13.2 Å². The van der Waals surface area contributed by atoms with Crippen LogP contribution in [0.25, 0.3) is 0 Å². The zero-order valence-electron chi connectivity index (χ0n) is 11.4. The molecule has 1 aromatic carbocycles. The molecule has 0 heterocycles. The van der Waals surface area contributed by atoms with Crippen LogP contribution in [0, 0.1) is 0 Å². The Labute approximate surface area is 124 Å². The van der Waals surface area contributed by atoms with E-state index < -0.39 is 23.2 Å². The molecule has 0 aromatic heterocycles. The smallest absolute Gasteiger partial charge is 0.349 e. The van der Waals surface area contributed by atoms with Gasteiger partial charge in [-0.1, -0.05) is 30.4 Å². The van der Waals surface area contributed by atoms with Crippen LogP contribution in [0.15, 0.2) is 55.6 Å². The Bertz CT molecular complexity index is 595. The third kappa shape index (κ3) is 6.73. The lowest BCUT2D eigenvalue weighted by atomic mass is 10.3. The largest absolute Gasteiger partial charge is 0.382 e. The van der Waals surface area contributed by atoms with Crippen LogP contribution in [0.1, 0.15) is 0 Å². The van der Waals surface area contributed by atoms with Crippen molar-refractivity contribution in [1.29, 1.82) is 0 Å². The van der Waals surface area contributed by atoms with Crippen LogP contribution in [0.3, 0.4) is 0 Å². The van der Waals surface area contributed by atoms with E-state index >= 15 is 0 Å². The number of rotatable bonds is 10. The van der Waals surface area contributed by atoms with Crippen LogP contribution in [0.4, 0.5) is 0 Å². The quantitative estimate of drug-likeness (QED) is 0.372. The van der Waals surface area contributed by atoms with Crippen LogP contribution in [-0.4, -0.2) is 27.1 Å². The summed E-state index contributed by atoms with van der Waals surface area (Å²) in [6, 6.07) is 7.89. The third-order valence-corrected chi connectivity index (χ3v) is 6.12. The van der Waals surface area contributed by atoms with Gasteiger partial charge in [0.1, 0.15) is 5.75 Å². The molecular weight excluding hydrogens is 315 g/mol. The maximum absolute atomic E-state index is 12.3. The molecule has 0 atom stereocenters. The first kappa shape index (κ1) is 17.7. The molecule has 0 N–H and O–H groups in total. The van der Waals surface area contributed by atoms with Gasteiger partial charge in [0.05, 0.1) is 13.2 Å². The van der Waals surface area contributed by atoms with Crippen molar-refractivity contribution in [2.24, 2.45) is 0 Å². The molecule has 1 rings (SSSR count). The van der Waals surface area contributed by atoms with E-state index in [9.17, 15) is 13.0 Å². The van der Waals surface area contributed by atoms with Gasteiger partial charge in [-0.3, -0.25) is 4.57 Å². The van der Waals surface area contributed by atoms with E-state index in [-0.39, 0.29) is 19.0 Å². The van der Waals surface area contributed by atoms with E-state index in [1.807, 2.05) is 0 Å². The second kappa shape index (κ2) is 8.14. The fourth-order valence-electron chi connectivity index (χ4n) is 1.29. The summed E-state index contributed by atoms with van der Waals surface area (Å²) in [6.45, 7) is 6.61. The number of para-hydroxylation sites is 1. The summed E-state index contributed by atoms with van der Waals surface area (Å²) >= 11 is 0. The molecule has 0 aliphatic carbocycles. The molecule has 21 heavy (non-hydrogen) atoms. The van der Waals surface area contributed by atoms with Crippen LogP contribution >= 0.6 is 7.60 Å². The van der Waals surface area contributed by atoms with Gasteiger partial charge in [0.25, 0.3) is 0 Å². The van der Waals surface area contributed by atoms with Crippen LogP contribution in [-0.2, 0) is 23.7 Å². The average molecular weight is 332 g/mol. The molecule has 0 bridgehead atoms. The summed E-state index contributed by atoms with van der Waals surface area (Å²) in [4.78, 5) is 0. The Morgan fingerprint density at radius 1 is 1.05 bits per heavy atom. The minimum Gasteiger partial charge on any atom is -0.382 e. The first-order valence-electron chi connectivity index (χ1n) is 5.98. The third-order valence-electron chi connectivity index (χ3n) is 2.06. The Hall–Kier alpha value is -1.40. The topological polar surface area (TPSA) is 78.9 Å². The number of hydrogen-bond donors (Lipinski definition) is 0. The number of benzene rings is 1. The van der Waals surface area contributed by atoms with Crippen molar-refractivity contribution in [3.8, 4) is 5.75 Å². The van der Waals surface area contributed by atoms with Gasteiger partial charge in [0.2, 0.25) is 0 Å². The molecule has 0 unspecified atom stereocenters. The Morgan fingerprint density at radius 3 is 2.05 bits per heavy atom. The minimum absolute atomic E-state index is 0.102. The van der Waals surface area contributed by atoms with Gasteiger partial charge in [-0.25, -0.2) is 0 Å². The molecule has 0 amide bonds. The monoisotopic (exact) mass is 332 g/mol. The lowest BCUT2D eigenvalue weighted by Crippen LogP contribution is -2.16. The van der Waals surface area contributed by atoms with Gasteiger partial charge in [0, 0.05) is 0 Å². The highest BCUT2D eigenvalue weighted by Crippen LogP contribution is 2.49. The molecule has 6 nitrogen and oxygen atoms in total. The molecular formula is C13H17O6PS. The van der Waals surface area contributed by atoms with Crippen molar-refractivity contribution in [1.82, 2.24) is 0 Å². The summed E-state index contributed by atoms with van der Waals surface area (Å²) < 4.78 is 51.0. The molecule has 0 saturated heterocycles. The molecule has 0 saturated carbocycles. The summed E-state index contributed by atoms with van der Waals surface area (Å²) in [5.74, 6) is 0.122. The van der Waals surface area contributed by atoms with E-state index in [2.05, 4.69) is 13.2 Å². The normalized spacial score (nSPS) is 11.8. The van der Waals surface area contributed by atoms with Crippen molar-refractivity contribution in [2.45, 2.75) is 0 Å². The van der Waals surface area contributed by atoms with Crippen LogP contribution in [0.2, 0.25) is 0 Å². The fraction of sp³-hybridized carbons (Fsp3) is 0.231. The maximum atomic E-state index is 12.3. The molecule has 0 fully saturated rings. The molecule has 116 valence electrons. The van der Waals surface area contributed by atoms with Crippen molar-refractivity contribution in [3.63, 3.8) is 0 Å². The molecule has 0 aliphatic heterocycles. The summed E-state index contributed by atoms with van der Waals surface area (Å²) in [5, 5.41) is 0. The zero-order valence-corrected chi connectivity index (χ0v) is 13.1. The molecule has 0 spiro atoms. The molecule has 0 radical (unpaired) electrons. The van der Waals surface area contributed by atoms with Crippen LogP contribution in [0.5, 0.6) is 5.75 Å². The highest BCUT2D eigenvalue weighted by molar-refractivity contribution is 7.94. The SMILES string of the molecule is C=CCOP(=O)(CS(=O)(=O)Oc1ccccc1)OCC=C. The van der Waals surface area contributed by atoms with Crippen molar-refractivity contribution >= 4 is 17.7 Å². The van der Waals surface area contributed by atoms with Gasteiger partial charge >= 0.3 is 17.7 Å². The predicted octanol–water partition coefficient (Wildman–Crippen LogP) is 2.95. The van der Waals surface area contributed by atoms with E-state index in [0.717, 1.165) is 0 Å². The van der Waals surface area contributed by atoms with Crippen molar-refractivity contribution in [3.05, 3.63) is 55.6 Å². The lowest BCUT2D eigenvalue weighted by Gasteiger charge is -2.17. The Morgan fingerprint density at radius 2 is 1.57 bits per heavy atom. The highest BCUT2D eigenvalue weighted by Gasteiger charge is 2.33. The predicted molar refractivity (Wildman–Crippen MR) is 80.8 cm³/mol. The standard InChI is InChI=1S/C13H17O6PS/c1-3-10-17-20(14,18-11-4-2)12-21(15,16)19-13-8-6-5-7-9-13/h3-9H,1-2,10-12H2. The molecule has 8 heteroatoms. The van der Waals surface area contributed by atoms with E-state index in [0.29, 0.717) is 0 Å². The van der Waals surface area contributed by atoms with Gasteiger partial charge < -0.3 is 13.2 Å².